The fourth-order valence-electron chi connectivity index (χ4n) is 4.96. The minimum absolute atomic E-state index is 0.0810. The predicted molar refractivity (Wildman–Crippen MR) is 169 cm³/mol. The number of aryl methyl sites for hydroxylation is 2. The smallest absolute Gasteiger partial charge is 0.134 e. The van der Waals surface area contributed by atoms with Crippen LogP contribution in [0.1, 0.15) is 105 Å². The van der Waals surface area contributed by atoms with Gasteiger partial charge in [0, 0.05) is 27.6 Å². The molecule has 0 aliphatic carbocycles. The van der Waals surface area contributed by atoms with Gasteiger partial charge in [0.2, 0.25) is 0 Å². The van der Waals surface area contributed by atoms with E-state index < -0.39 is 0 Å². The van der Waals surface area contributed by atoms with Crippen molar-refractivity contribution in [2.45, 2.75) is 84.5 Å². The maximum absolute atomic E-state index is 15.1. The molecule has 0 heterocycles. The standard InChI is InChI=1S/C39H41F/c1-3-5-7-9-11-13-36-27-28-37-30-35(26-29-38(37)39(36)40)25-24-34-22-20-33(21-23-34)19-18-32-16-14-31(15-17-32)12-10-8-6-4-2/h14-17,20-23,26-30H,3-13H2,1-2H3. The number of halogens is 1. The van der Waals surface area contributed by atoms with E-state index in [4.69, 9.17) is 0 Å². The molecule has 0 atom stereocenters. The van der Waals surface area contributed by atoms with Gasteiger partial charge < -0.3 is 0 Å². The van der Waals surface area contributed by atoms with Crippen LogP contribution in [0.2, 0.25) is 0 Å². The molecule has 40 heavy (non-hydrogen) atoms. The summed E-state index contributed by atoms with van der Waals surface area (Å²) in [6.07, 6.45) is 13.0. The van der Waals surface area contributed by atoms with E-state index >= 15 is 4.39 Å². The van der Waals surface area contributed by atoms with Crippen LogP contribution in [0.15, 0.2) is 78.9 Å². The Balaban J connectivity index is 1.35. The Hall–Kier alpha value is -3.81. The first-order valence-electron chi connectivity index (χ1n) is 15.1. The molecule has 0 unspecified atom stereocenters. The SMILES string of the molecule is CCCCCCCc1ccc2cc(C#Cc3ccc(C#Cc4ccc(CCCCCC)cc4)cc3)ccc2c1F. The van der Waals surface area contributed by atoms with Crippen molar-refractivity contribution in [3.63, 3.8) is 0 Å². The molecule has 0 fully saturated rings. The van der Waals surface area contributed by atoms with Crippen LogP contribution in [0.3, 0.4) is 0 Å². The van der Waals surface area contributed by atoms with Crippen LogP contribution in [-0.4, -0.2) is 0 Å². The zero-order chi connectivity index (χ0) is 28.0. The Morgan fingerprint density at radius 1 is 0.500 bits per heavy atom. The maximum Gasteiger partial charge on any atom is 0.134 e. The Bertz CT molecular complexity index is 1480. The van der Waals surface area contributed by atoms with Gasteiger partial charge in [-0.15, -0.1) is 0 Å². The van der Waals surface area contributed by atoms with Gasteiger partial charge in [-0.3, -0.25) is 0 Å². The molecule has 0 bridgehead atoms. The van der Waals surface area contributed by atoms with Gasteiger partial charge >= 0.3 is 0 Å². The molecule has 0 amide bonds. The van der Waals surface area contributed by atoms with Crippen LogP contribution >= 0.6 is 0 Å². The summed E-state index contributed by atoms with van der Waals surface area (Å²) < 4.78 is 15.1. The quantitative estimate of drug-likeness (QED) is 0.134. The van der Waals surface area contributed by atoms with E-state index in [0.717, 1.165) is 52.5 Å². The van der Waals surface area contributed by atoms with E-state index in [-0.39, 0.29) is 5.82 Å². The molecule has 0 saturated carbocycles. The molecule has 0 aliphatic rings. The number of hydrogen-bond donors (Lipinski definition) is 0. The minimum Gasteiger partial charge on any atom is -0.206 e. The van der Waals surface area contributed by atoms with Crippen molar-refractivity contribution < 1.29 is 4.39 Å². The number of rotatable bonds is 11. The summed E-state index contributed by atoms with van der Waals surface area (Å²) in [5.41, 5.74) is 6.03. The summed E-state index contributed by atoms with van der Waals surface area (Å²) in [4.78, 5) is 0. The van der Waals surface area contributed by atoms with E-state index in [1.165, 1.54) is 56.9 Å². The number of benzene rings is 4. The van der Waals surface area contributed by atoms with Crippen molar-refractivity contribution in [2.24, 2.45) is 0 Å². The number of unbranched alkanes of at least 4 members (excludes halogenated alkanes) is 7. The Labute approximate surface area is 241 Å². The normalized spacial score (nSPS) is 10.6. The molecule has 0 aliphatic heterocycles. The topological polar surface area (TPSA) is 0 Å². The lowest BCUT2D eigenvalue weighted by Crippen LogP contribution is -1.93. The molecule has 0 N–H and O–H groups in total. The van der Waals surface area contributed by atoms with Crippen molar-refractivity contribution >= 4 is 10.8 Å². The van der Waals surface area contributed by atoms with Gasteiger partial charge in [-0.1, -0.05) is 113 Å². The second-order valence-electron chi connectivity index (χ2n) is 10.7. The Morgan fingerprint density at radius 3 is 1.62 bits per heavy atom. The van der Waals surface area contributed by atoms with Crippen molar-refractivity contribution in [2.75, 3.05) is 0 Å². The molecule has 0 nitrogen and oxygen atoms in total. The van der Waals surface area contributed by atoms with Gasteiger partial charge in [-0.05, 0) is 90.7 Å². The lowest BCUT2D eigenvalue weighted by atomic mass is 9.99. The van der Waals surface area contributed by atoms with Gasteiger partial charge in [-0.25, -0.2) is 4.39 Å². The zero-order valence-corrected chi connectivity index (χ0v) is 24.2. The summed E-state index contributed by atoms with van der Waals surface area (Å²) in [5.74, 6) is 12.9. The van der Waals surface area contributed by atoms with Gasteiger partial charge in [-0.2, -0.15) is 0 Å². The van der Waals surface area contributed by atoms with E-state index in [9.17, 15) is 0 Å². The van der Waals surface area contributed by atoms with Crippen LogP contribution in [0.4, 0.5) is 4.39 Å². The molecule has 1 heteroatoms. The highest BCUT2D eigenvalue weighted by atomic mass is 19.1. The number of hydrogen-bond acceptors (Lipinski definition) is 0. The largest absolute Gasteiger partial charge is 0.206 e. The van der Waals surface area contributed by atoms with Crippen molar-refractivity contribution in [3.8, 4) is 23.7 Å². The van der Waals surface area contributed by atoms with Crippen LogP contribution in [0, 0.1) is 29.5 Å². The van der Waals surface area contributed by atoms with Gasteiger partial charge in [0.15, 0.2) is 0 Å². The maximum atomic E-state index is 15.1. The third kappa shape index (κ3) is 8.86. The van der Waals surface area contributed by atoms with E-state index in [2.05, 4.69) is 61.8 Å². The van der Waals surface area contributed by atoms with E-state index in [0.29, 0.717) is 5.39 Å². The summed E-state index contributed by atoms with van der Waals surface area (Å²) in [5, 5.41) is 1.58. The fourth-order valence-corrected chi connectivity index (χ4v) is 4.96. The molecule has 4 aromatic carbocycles. The van der Waals surface area contributed by atoms with Crippen LogP contribution in [0.25, 0.3) is 10.8 Å². The predicted octanol–water partition coefficient (Wildman–Crippen LogP) is 10.4. The van der Waals surface area contributed by atoms with Gasteiger partial charge in [0.25, 0.3) is 0 Å². The van der Waals surface area contributed by atoms with Crippen LogP contribution in [-0.2, 0) is 12.8 Å². The third-order valence-electron chi connectivity index (χ3n) is 7.44. The summed E-state index contributed by atoms with van der Waals surface area (Å²) in [6.45, 7) is 4.46. The fraction of sp³-hybridized carbons (Fsp3) is 0.333. The van der Waals surface area contributed by atoms with E-state index in [1.807, 2.05) is 54.6 Å². The highest BCUT2D eigenvalue weighted by Crippen LogP contribution is 2.24. The molecule has 0 saturated heterocycles. The molecular formula is C39H41F. The molecule has 0 aromatic heterocycles. The Kier molecular flexibility index (Phi) is 11.5. The first-order chi connectivity index (χ1) is 19.7. The van der Waals surface area contributed by atoms with Crippen molar-refractivity contribution in [1.82, 2.24) is 0 Å². The molecular weight excluding hydrogens is 487 g/mol. The van der Waals surface area contributed by atoms with Crippen LogP contribution in [0.5, 0.6) is 0 Å². The molecule has 0 radical (unpaired) electrons. The van der Waals surface area contributed by atoms with Gasteiger partial charge in [0.1, 0.15) is 5.82 Å². The second-order valence-corrected chi connectivity index (χ2v) is 10.7. The molecule has 0 spiro atoms. The monoisotopic (exact) mass is 528 g/mol. The third-order valence-corrected chi connectivity index (χ3v) is 7.44. The molecule has 4 rings (SSSR count). The van der Waals surface area contributed by atoms with Gasteiger partial charge in [0.05, 0.1) is 0 Å². The summed E-state index contributed by atoms with van der Waals surface area (Å²) >= 11 is 0. The molecule has 204 valence electrons. The summed E-state index contributed by atoms with van der Waals surface area (Å²) in [6, 6.07) is 26.4. The van der Waals surface area contributed by atoms with Crippen LogP contribution < -0.4 is 0 Å². The lowest BCUT2D eigenvalue weighted by molar-refractivity contribution is 0.595. The first kappa shape index (κ1) is 29.2. The minimum atomic E-state index is -0.0810. The zero-order valence-electron chi connectivity index (χ0n) is 24.2. The first-order valence-corrected chi connectivity index (χ1v) is 15.1. The lowest BCUT2D eigenvalue weighted by Gasteiger charge is -2.07. The average Bonchev–Trinajstić information content (AvgIpc) is 2.99. The highest BCUT2D eigenvalue weighted by molar-refractivity contribution is 5.85. The Morgan fingerprint density at radius 2 is 1.00 bits per heavy atom. The number of fused-ring (bicyclic) bond motifs is 1. The average molecular weight is 529 g/mol. The van der Waals surface area contributed by atoms with Crippen molar-refractivity contribution in [3.05, 3.63) is 118 Å². The van der Waals surface area contributed by atoms with E-state index in [1.54, 1.807) is 0 Å². The second kappa shape index (κ2) is 15.7. The van der Waals surface area contributed by atoms with Crippen molar-refractivity contribution in [1.29, 1.82) is 0 Å². The summed E-state index contributed by atoms with van der Waals surface area (Å²) in [7, 11) is 0. The molecule has 4 aromatic rings. The highest BCUT2D eigenvalue weighted by Gasteiger charge is 2.07.